The molecule has 2 aromatic carbocycles. The maximum absolute atomic E-state index is 10.8. The number of nitro benzene ring substituents is 2. The van der Waals surface area contributed by atoms with Gasteiger partial charge in [0.1, 0.15) is 0 Å². The molecule has 0 bridgehead atoms. The molecule has 0 aliphatic heterocycles. The molecule has 2 rings (SSSR count). The molecule has 0 atom stereocenters. The fourth-order valence-electron chi connectivity index (χ4n) is 1.80. The SMILES string of the molecule is O=[N+]([O-])c1ccc[c]([Pb]([Cl])([Cl])[c]2cccc([N+](=O)[O-])c2)c1. The van der Waals surface area contributed by atoms with Crippen LogP contribution in [0.5, 0.6) is 0 Å². The molecule has 0 radical (unpaired) electrons. The molecule has 0 heterocycles. The number of halogens is 2. The zero-order valence-corrected chi connectivity index (χ0v) is 15.8. The van der Waals surface area contributed by atoms with Gasteiger partial charge in [-0.05, 0) is 0 Å². The third-order valence-electron chi connectivity index (χ3n) is 2.84. The molecule has 0 N–H and O–H groups in total. The van der Waals surface area contributed by atoms with E-state index in [0.29, 0.717) is 6.25 Å². The molecule has 0 unspecified atom stereocenters. The van der Waals surface area contributed by atoms with Crippen molar-refractivity contribution in [1.29, 1.82) is 0 Å². The first-order valence-electron chi connectivity index (χ1n) is 5.70. The molecular formula is C12H8Cl2N2O4Pb. The van der Waals surface area contributed by atoms with E-state index in [0.717, 1.165) is 0 Å². The third-order valence-corrected chi connectivity index (χ3v) is 18.6. The minimum absolute atomic E-state index is 0.108. The Hall–Kier alpha value is -1.26. The van der Waals surface area contributed by atoms with Crippen LogP contribution in [0.3, 0.4) is 0 Å². The van der Waals surface area contributed by atoms with Gasteiger partial charge in [0, 0.05) is 0 Å². The first-order valence-corrected chi connectivity index (χ1v) is 19.2. The van der Waals surface area contributed by atoms with Gasteiger partial charge in [0.25, 0.3) is 0 Å². The Balaban J connectivity index is 2.50. The summed E-state index contributed by atoms with van der Waals surface area (Å²) in [6, 6.07) is 11.6. The number of non-ortho nitro benzene ring substituents is 2. The topological polar surface area (TPSA) is 86.3 Å². The summed E-state index contributed by atoms with van der Waals surface area (Å²) in [5.41, 5.74) is -0.216. The summed E-state index contributed by atoms with van der Waals surface area (Å²) in [5, 5.41) is 21.6. The maximum atomic E-state index is 10.8. The number of nitrogens with zero attached hydrogens (tertiary/aromatic N) is 2. The first kappa shape index (κ1) is 16.1. The van der Waals surface area contributed by atoms with Gasteiger partial charge in [0.05, 0.1) is 0 Å². The van der Waals surface area contributed by atoms with Crippen LogP contribution in [-0.2, 0) is 0 Å². The summed E-state index contributed by atoms with van der Waals surface area (Å²) < 4.78 is 0.973. The van der Waals surface area contributed by atoms with Crippen molar-refractivity contribution in [3.63, 3.8) is 0 Å². The summed E-state index contributed by atoms with van der Waals surface area (Å²) >= 11 is -4.26. The predicted octanol–water partition coefficient (Wildman–Crippen LogP) is 2.54. The Morgan fingerprint density at radius 2 is 1.19 bits per heavy atom. The molecule has 21 heavy (non-hydrogen) atoms. The molecule has 0 aliphatic rings. The van der Waals surface area contributed by atoms with Crippen molar-refractivity contribution in [3.05, 3.63) is 68.8 Å². The van der Waals surface area contributed by atoms with Gasteiger partial charge < -0.3 is 0 Å². The molecular weight excluding hydrogens is 514 g/mol. The van der Waals surface area contributed by atoms with E-state index in [9.17, 15) is 20.2 Å². The van der Waals surface area contributed by atoms with Gasteiger partial charge in [-0.25, -0.2) is 0 Å². The van der Waals surface area contributed by atoms with Crippen LogP contribution in [0.15, 0.2) is 48.5 Å². The van der Waals surface area contributed by atoms with Gasteiger partial charge >= 0.3 is 132 Å². The third kappa shape index (κ3) is 3.50. The zero-order chi connectivity index (χ0) is 15.6. The normalized spacial score (nSPS) is 11.1. The van der Waals surface area contributed by atoms with Crippen LogP contribution in [0.25, 0.3) is 0 Å². The van der Waals surface area contributed by atoms with Crippen molar-refractivity contribution in [1.82, 2.24) is 0 Å². The Kier molecular flexibility index (Phi) is 4.79. The summed E-state index contributed by atoms with van der Waals surface area (Å²) in [4.78, 5) is 20.6. The average molecular weight is 522 g/mol. The Morgan fingerprint density at radius 3 is 1.52 bits per heavy atom. The molecule has 108 valence electrons. The summed E-state index contributed by atoms with van der Waals surface area (Å²) in [6.07, 6.45) is 0. The van der Waals surface area contributed by atoms with Crippen molar-refractivity contribution < 1.29 is 9.85 Å². The summed E-state index contributed by atoms with van der Waals surface area (Å²) in [5.74, 6) is 0. The monoisotopic (exact) mass is 522 g/mol. The van der Waals surface area contributed by atoms with Crippen molar-refractivity contribution in [2.75, 3.05) is 0 Å². The van der Waals surface area contributed by atoms with Crippen LogP contribution >= 0.6 is 16.6 Å². The summed E-state index contributed by atoms with van der Waals surface area (Å²) in [7, 11) is 13.0. The van der Waals surface area contributed by atoms with Crippen LogP contribution in [0.4, 0.5) is 11.4 Å². The van der Waals surface area contributed by atoms with E-state index >= 15 is 0 Å². The predicted molar refractivity (Wildman–Crippen MR) is 82.9 cm³/mol. The van der Waals surface area contributed by atoms with E-state index in [4.69, 9.17) is 16.6 Å². The molecule has 0 saturated carbocycles. The molecule has 0 aliphatic carbocycles. The molecule has 0 fully saturated rings. The fourth-order valence-corrected chi connectivity index (χ4v) is 12.2. The molecule has 0 saturated heterocycles. The van der Waals surface area contributed by atoms with Gasteiger partial charge in [-0.3, -0.25) is 0 Å². The van der Waals surface area contributed by atoms with Gasteiger partial charge in [-0.1, -0.05) is 0 Å². The molecule has 0 amide bonds. The Bertz CT molecular complexity index is 664. The fraction of sp³-hybridized carbons (Fsp3) is 0. The second-order valence-electron chi connectivity index (χ2n) is 4.19. The number of hydrogen-bond donors (Lipinski definition) is 0. The van der Waals surface area contributed by atoms with Crippen LogP contribution in [0.2, 0.25) is 0 Å². The van der Waals surface area contributed by atoms with Crippen molar-refractivity contribution in [3.8, 4) is 0 Å². The number of nitro groups is 2. The van der Waals surface area contributed by atoms with Crippen molar-refractivity contribution >= 4 is 53.0 Å². The number of rotatable bonds is 4. The van der Waals surface area contributed by atoms with E-state index in [2.05, 4.69) is 0 Å². The molecule has 6 nitrogen and oxygen atoms in total. The quantitative estimate of drug-likeness (QED) is 0.351. The second kappa shape index (κ2) is 6.24. The van der Waals surface area contributed by atoms with Crippen LogP contribution in [0, 0.1) is 20.2 Å². The van der Waals surface area contributed by atoms with Gasteiger partial charge in [-0.2, -0.15) is 0 Å². The molecule has 0 aromatic heterocycles. The van der Waals surface area contributed by atoms with Gasteiger partial charge in [0.2, 0.25) is 0 Å². The Morgan fingerprint density at radius 1 is 0.810 bits per heavy atom. The van der Waals surface area contributed by atoms with Gasteiger partial charge in [0.15, 0.2) is 0 Å². The zero-order valence-electron chi connectivity index (χ0n) is 10.4. The van der Waals surface area contributed by atoms with E-state index in [1.807, 2.05) is 0 Å². The van der Waals surface area contributed by atoms with Crippen molar-refractivity contribution in [2.24, 2.45) is 0 Å². The minimum atomic E-state index is -4.26. The van der Waals surface area contributed by atoms with Crippen LogP contribution in [-0.4, -0.2) is 28.6 Å². The average Bonchev–Trinajstić information content (AvgIpc) is 2.47. The number of benzene rings is 2. The molecule has 2 aromatic rings. The standard InChI is InChI=1S/2C6H4NO2.2ClH.Pb/c2*8-7(9)6-4-2-1-3-5-6;;;/h2*1-2,4-5H;2*1H;/q;;;;+2/p-2. The van der Waals surface area contributed by atoms with E-state index in [-0.39, 0.29) is 11.4 Å². The van der Waals surface area contributed by atoms with E-state index < -0.39 is 28.6 Å². The van der Waals surface area contributed by atoms with Gasteiger partial charge in [-0.15, -0.1) is 0 Å². The second-order valence-corrected chi connectivity index (χ2v) is 24.8. The summed E-state index contributed by atoms with van der Waals surface area (Å²) in [6.45, 7) is 0. The van der Waals surface area contributed by atoms with E-state index in [1.165, 1.54) is 36.4 Å². The molecule has 9 heteroatoms. The van der Waals surface area contributed by atoms with Crippen molar-refractivity contribution in [2.45, 2.75) is 0 Å². The van der Waals surface area contributed by atoms with Crippen LogP contribution < -0.4 is 6.25 Å². The van der Waals surface area contributed by atoms with E-state index in [1.54, 1.807) is 12.1 Å². The number of hydrogen-bond acceptors (Lipinski definition) is 4. The first-order chi connectivity index (χ1) is 9.82. The Labute approximate surface area is 131 Å². The molecule has 0 spiro atoms. The van der Waals surface area contributed by atoms with Crippen LogP contribution in [0.1, 0.15) is 0 Å².